The molecular formula is C4H10AlCl5V. The predicted molar refractivity (Wildman–Crippen MR) is 56.0 cm³/mol. The van der Waals surface area contributed by atoms with Crippen LogP contribution >= 0.6 is 49.4 Å². The van der Waals surface area contributed by atoms with E-state index in [4.69, 9.17) is 49.4 Å². The van der Waals surface area contributed by atoms with E-state index in [2.05, 4.69) is 13.8 Å². The van der Waals surface area contributed by atoms with E-state index >= 15 is 0 Å². The maximum absolute atomic E-state index is 5.79. The van der Waals surface area contributed by atoms with Crippen molar-refractivity contribution in [2.24, 2.45) is 0 Å². The fraction of sp³-hybridized carbons (Fsp3) is 1.00. The average molecular weight is 313 g/mol. The molecule has 69 valence electrons. The van der Waals surface area contributed by atoms with Gasteiger partial charge < -0.3 is 0 Å². The molecule has 0 aromatic heterocycles. The molecule has 0 aromatic rings. The van der Waals surface area contributed by atoms with Gasteiger partial charge >= 0.3 is 62.8 Å². The summed E-state index contributed by atoms with van der Waals surface area (Å²) in [6.07, 6.45) is 0. The van der Waals surface area contributed by atoms with Gasteiger partial charge in [0.15, 0.2) is 0 Å². The zero-order valence-corrected chi connectivity index (χ0v) is 12.7. The van der Waals surface area contributed by atoms with Gasteiger partial charge in [0, 0.05) is 0 Å². The molecule has 0 heterocycles. The van der Waals surface area contributed by atoms with Crippen LogP contribution in [0.4, 0.5) is 0 Å². The number of hydrogen-bond acceptors (Lipinski definition) is 0. The van der Waals surface area contributed by atoms with Gasteiger partial charge in [-0.15, -0.1) is 0 Å². The van der Waals surface area contributed by atoms with Crippen molar-refractivity contribution in [2.75, 3.05) is 0 Å². The van der Waals surface area contributed by atoms with Crippen LogP contribution in [0.3, 0.4) is 0 Å². The Morgan fingerprint density at radius 1 is 1.00 bits per heavy atom. The van der Waals surface area contributed by atoms with Crippen LogP contribution in [0, 0.1) is 0 Å². The quantitative estimate of drug-likeness (QED) is 0.629. The Hall–Kier alpha value is 2.57. The van der Waals surface area contributed by atoms with Crippen molar-refractivity contribution in [3.05, 3.63) is 0 Å². The molecule has 0 radical (unpaired) electrons. The summed E-state index contributed by atoms with van der Waals surface area (Å²) in [5, 5.41) is 2.47. The summed E-state index contributed by atoms with van der Waals surface area (Å²) < 4.78 is 0. The molecule has 7 heteroatoms. The van der Waals surface area contributed by atoms with Crippen molar-refractivity contribution in [1.82, 2.24) is 0 Å². The molecule has 0 aliphatic carbocycles. The van der Waals surface area contributed by atoms with E-state index in [1.165, 1.54) is 10.6 Å². The second-order valence-electron chi connectivity index (χ2n) is 1.80. The number of rotatable bonds is 2. The van der Waals surface area contributed by atoms with Gasteiger partial charge in [-0.05, 0) is 0 Å². The van der Waals surface area contributed by atoms with E-state index in [1.54, 1.807) is 0 Å². The first-order valence-electron chi connectivity index (χ1n) is 3.13. The molecule has 0 N–H and O–H groups in total. The third-order valence-corrected chi connectivity index (χ3v) is 4.51. The van der Waals surface area contributed by atoms with Crippen LogP contribution in [0.15, 0.2) is 0 Å². The van der Waals surface area contributed by atoms with Gasteiger partial charge in [-0.25, -0.2) is 0 Å². The molecule has 0 spiro atoms. The molecule has 0 saturated heterocycles. The Morgan fingerprint density at radius 3 is 1.18 bits per heavy atom. The van der Waals surface area contributed by atoms with Crippen molar-refractivity contribution in [1.29, 1.82) is 0 Å². The van der Waals surface area contributed by atoms with E-state index in [1.807, 2.05) is 0 Å². The van der Waals surface area contributed by atoms with Crippen molar-refractivity contribution < 1.29 is 10.2 Å². The molecule has 0 aliphatic rings. The third kappa shape index (κ3) is 32.5. The second kappa shape index (κ2) is 9.13. The summed E-state index contributed by atoms with van der Waals surface area (Å²) in [6.45, 7) is 4.32. The summed E-state index contributed by atoms with van der Waals surface area (Å²) >= 11 is -0.688. The van der Waals surface area contributed by atoms with Crippen molar-refractivity contribution in [3.63, 3.8) is 0 Å². The van der Waals surface area contributed by atoms with Crippen molar-refractivity contribution in [3.8, 4) is 0 Å². The summed E-state index contributed by atoms with van der Waals surface area (Å²) in [5.74, 6) is 0. The first kappa shape index (κ1) is 16.0. The number of halogens is 5. The van der Waals surface area contributed by atoms with Gasteiger partial charge in [0.1, 0.15) is 0 Å². The standard InChI is InChI=1S/2C2H5.Al.5ClH.V/c2*1-2;;;;;;;/h2*1H2,2H3;;5*1H;/q;;+1;;;;;;+4/p-5. The topological polar surface area (TPSA) is 0 Å². The minimum atomic E-state index is -2.99. The van der Waals surface area contributed by atoms with E-state index in [0.29, 0.717) is 0 Å². The fourth-order valence-corrected chi connectivity index (χ4v) is 0.866. The SMILES string of the molecule is C[CH2][Al]([Cl])[CH2]C.[Cl][V]([Cl])([Cl])[Cl]. The molecule has 0 saturated carbocycles. The molecule has 0 amide bonds. The van der Waals surface area contributed by atoms with Crippen molar-refractivity contribution >= 4 is 62.7 Å². The van der Waals surface area contributed by atoms with E-state index in [9.17, 15) is 0 Å². The molecule has 0 atom stereocenters. The van der Waals surface area contributed by atoms with Gasteiger partial charge in [-0.1, -0.05) is 24.4 Å². The molecule has 0 rings (SSSR count). The summed E-state index contributed by atoms with van der Waals surface area (Å²) in [4.78, 5) is 0. The maximum atomic E-state index is 5.79. The first-order valence-corrected chi connectivity index (χ1v) is 14.2. The van der Waals surface area contributed by atoms with Crippen molar-refractivity contribution in [2.45, 2.75) is 24.4 Å². The molecular weight excluding hydrogens is 303 g/mol. The molecule has 0 fully saturated rings. The van der Waals surface area contributed by atoms with Crippen LogP contribution in [0.5, 0.6) is 0 Å². The molecule has 0 aliphatic heterocycles. The van der Waals surface area contributed by atoms with Crippen LogP contribution < -0.4 is 0 Å². The molecule has 11 heavy (non-hydrogen) atoms. The predicted octanol–water partition coefficient (Wildman–Crippen LogP) is 5.01. The van der Waals surface area contributed by atoms with Gasteiger partial charge in [0.05, 0.1) is 0 Å². The zero-order chi connectivity index (χ0) is 9.49. The van der Waals surface area contributed by atoms with Gasteiger partial charge in [-0.3, -0.25) is 10.0 Å². The Balaban J connectivity index is 0. The Labute approximate surface area is 96.1 Å². The summed E-state index contributed by atoms with van der Waals surface area (Å²) in [5.41, 5.74) is 0. The zero-order valence-electron chi connectivity index (χ0n) is 6.33. The summed E-state index contributed by atoms with van der Waals surface area (Å²) in [6, 6.07) is 0. The molecule has 0 aromatic carbocycles. The van der Waals surface area contributed by atoms with E-state index < -0.39 is 23.4 Å². The van der Waals surface area contributed by atoms with Crippen LogP contribution in [0.25, 0.3) is 0 Å². The van der Waals surface area contributed by atoms with Crippen LogP contribution in [-0.2, 0) is 10.2 Å². The molecule has 0 nitrogen and oxygen atoms in total. The van der Waals surface area contributed by atoms with Gasteiger partial charge in [0.25, 0.3) is 0 Å². The first-order chi connectivity index (χ1) is 4.81. The third-order valence-electron chi connectivity index (χ3n) is 0.886. The molecule has 0 unspecified atom stereocenters. The Morgan fingerprint density at radius 2 is 1.18 bits per heavy atom. The van der Waals surface area contributed by atoms with Crippen LogP contribution in [0.1, 0.15) is 13.8 Å². The average Bonchev–Trinajstić information content (AvgIpc) is 1.83. The number of hydrogen-bond donors (Lipinski definition) is 0. The van der Waals surface area contributed by atoms with E-state index in [0.717, 1.165) is 0 Å². The van der Waals surface area contributed by atoms with E-state index in [-0.39, 0.29) is 0 Å². The molecule has 0 bridgehead atoms. The minimum absolute atomic E-state index is 0.688. The van der Waals surface area contributed by atoms with Gasteiger partial charge in [-0.2, -0.15) is 0 Å². The van der Waals surface area contributed by atoms with Crippen LogP contribution in [0.2, 0.25) is 10.6 Å². The monoisotopic (exact) mass is 311 g/mol. The van der Waals surface area contributed by atoms with Gasteiger partial charge in [0.2, 0.25) is 0 Å². The van der Waals surface area contributed by atoms with Crippen LogP contribution in [-0.4, -0.2) is 13.2 Å². The normalized spacial score (nSPS) is 10.1. The Bertz CT molecular complexity index is 75.0. The summed E-state index contributed by atoms with van der Waals surface area (Å²) in [7, 11) is 22.8. The fourth-order valence-electron chi connectivity index (χ4n) is 0.289. The second-order valence-corrected chi connectivity index (χ2v) is 20.3. The Kier molecular flexibility index (Phi) is 13.3.